The van der Waals surface area contributed by atoms with Gasteiger partial charge in [0.2, 0.25) is 29.1 Å². The minimum atomic E-state index is -2.47. The molecule has 0 aliphatic carbocycles. The van der Waals surface area contributed by atoms with Crippen LogP contribution in [-0.2, 0) is 14.2 Å². The molecule has 0 saturated heterocycles. The summed E-state index contributed by atoms with van der Waals surface area (Å²) in [5, 5.41) is 118. The van der Waals surface area contributed by atoms with E-state index in [1.807, 2.05) is 0 Å². The lowest BCUT2D eigenvalue weighted by molar-refractivity contribution is -0.119. The van der Waals surface area contributed by atoms with Gasteiger partial charge in [-0.3, -0.25) is 4.79 Å². The minimum Gasteiger partial charge on any atom is -0.504 e. The number of ketones is 1. The summed E-state index contributed by atoms with van der Waals surface area (Å²) in [6.07, 6.45) is -9.48. The first-order chi connectivity index (χ1) is 21.1. The number of fused-ring (bicyclic) bond motifs is 3. The van der Waals surface area contributed by atoms with E-state index in [-0.39, 0.29) is 0 Å². The van der Waals surface area contributed by atoms with Crippen molar-refractivity contribution in [3.63, 3.8) is 0 Å². The van der Waals surface area contributed by atoms with Gasteiger partial charge in [0.15, 0.2) is 46.7 Å². The molecule has 4 aliphatic rings. The van der Waals surface area contributed by atoms with E-state index in [0.29, 0.717) is 6.07 Å². The summed E-state index contributed by atoms with van der Waals surface area (Å²) < 4.78 is 15.5. The number of phenols is 9. The number of phenolic OH excluding ortho intramolecular Hbond substituents is 9. The number of hydrogen-bond acceptors (Lipinski definition) is 18. The van der Waals surface area contributed by atoms with Crippen molar-refractivity contribution in [3.8, 4) is 74.0 Å². The topological polar surface area (TPSA) is 318 Å². The van der Waals surface area contributed by atoms with E-state index in [0.717, 1.165) is 0 Å². The van der Waals surface area contributed by atoms with Crippen LogP contribution in [0.3, 0.4) is 0 Å². The fourth-order valence-corrected chi connectivity index (χ4v) is 5.57. The number of benzene rings is 3. The van der Waals surface area contributed by atoms with Gasteiger partial charge in [0.25, 0.3) is 0 Å². The van der Waals surface area contributed by atoms with Gasteiger partial charge in [-0.15, -0.1) is 0 Å². The summed E-state index contributed by atoms with van der Waals surface area (Å²) in [6.45, 7) is -1.28. The summed E-state index contributed by atoms with van der Waals surface area (Å²) in [7, 11) is 0. The van der Waals surface area contributed by atoms with Crippen molar-refractivity contribution in [3.05, 3.63) is 28.3 Å². The van der Waals surface area contributed by atoms with E-state index < -0.39 is 151 Å². The molecule has 0 aromatic heterocycles. The van der Waals surface area contributed by atoms with Crippen LogP contribution in [0.4, 0.5) is 0 Å². The SMILES string of the molecule is O=C1O[C@H](CO)[C@@H](O)[C@@H]2OC(=O)c3c(c(O)c(O)c(O)c3-c3c(O)c(O)c(O)c4c3C(=O)O[C@@H]2C4=O)-c2c1cc(O)c(O)c2O. The Kier molecular flexibility index (Phi) is 6.07. The van der Waals surface area contributed by atoms with Crippen LogP contribution in [0.2, 0.25) is 0 Å². The number of carbonyl (C=O) groups excluding carboxylic acids is 4. The van der Waals surface area contributed by atoms with Crippen LogP contribution in [0.15, 0.2) is 6.07 Å². The molecule has 18 heteroatoms. The Morgan fingerprint density at radius 1 is 0.533 bits per heavy atom. The number of carbonyl (C=O) groups is 4. The Bertz CT molecular complexity index is 1930. The molecule has 4 aliphatic heterocycles. The lowest BCUT2D eigenvalue weighted by Crippen LogP contribution is -2.55. The number of aliphatic hydroxyl groups excluding tert-OH is 2. The lowest BCUT2D eigenvalue weighted by Gasteiger charge is -2.36. The van der Waals surface area contributed by atoms with Crippen LogP contribution >= 0.6 is 0 Å². The second kappa shape index (κ2) is 9.43. The Morgan fingerprint density at radius 3 is 1.56 bits per heavy atom. The molecule has 7 rings (SSSR count). The highest BCUT2D eigenvalue weighted by molar-refractivity contribution is 6.22. The predicted molar refractivity (Wildman–Crippen MR) is 137 cm³/mol. The molecule has 4 heterocycles. The molecule has 0 amide bonds. The second-order valence-corrected chi connectivity index (χ2v) is 10.0. The normalized spacial score (nSPS) is 21.8. The summed E-state index contributed by atoms with van der Waals surface area (Å²) in [5.74, 6) is -19.7. The number of hydrogen-bond donors (Lipinski definition) is 11. The maximum absolute atomic E-state index is 14.0. The molecule has 0 spiro atoms. The second-order valence-electron chi connectivity index (χ2n) is 10.0. The fraction of sp³-hybridized carbons (Fsp3) is 0.185. The standard InChI is InChI=1S/C27H18O18/c28-2-5-14(31)23-24-20(37)12-11(27(42)45-24)9(18(35)22(39)19(12)36)8-10(26(41)44-23)7(16(33)21(38)17(8)34)6-3(25(40)43-5)1-4(29)13(30)15(6)32/h1,5,14,23-24,28-36,38-39H,2H2/t5-,14-,23+,24-/m1/s1. The smallest absolute Gasteiger partial charge is 0.340 e. The van der Waals surface area contributed by atoms with Gasteiger partial charge in [-0.2, -0.15) is 0 Å². The van der Waals surface area contributed by atoms with E-state index in [2.05, 4.69) is 0 Å². The highest BCUT2D eigenvalue weighted by atomic mass is 16.6. The molecule has 18 nitrogen and oxygen atoms in total. The third kappa shape index (κ3) is 3.63. The zero-order chi connectivity index (χ0) is 33.0. The number of aliphatic hydroxyl groups is 2. The molecule has 11 N–H and O–H groups in total. The van der Waals surface area contributed by atoms with Crippen molar-refractivity contribution in [2.24, 2.45) is 0 Å². The maximum Gasteiger partial charge on any atom is 0.340 e. The largest absolute Gasteiger partial charge is 0.504 e. The summed E-state index contributed by atoms with van der Waals surface area (Å²) in [5.41, 5.74) is -9.22. The van der Waals surface area contributed by atoms with Crippen LogP contribution < -0.4 is 0 Å². The lowest BCUT2D eigenvalue weighted by atomic mass is 9.81. The van der Waals surface area contributed by atoms with Crippen molar-refractivity contribution >= 4 is 23.7 Å². The van der Waals surface area contributed by atoms with E-state index in [1.165, 1.54) is 0 Å². The molecule has 0 unspecified atom stereocenters. The van der Waals surface area contributed by atoms with Crippen LogP contribution in [0, 0.1) is 0 Å². The summed E-state index contributed by atoms with van der Waals surface area (Å²) >= 11 is 0. The van der Waals surface area contributed by atoms with E-state index in [1.54, 1.807) is 0 Å². The van der Waals surface area contributed by atoms with Gasteiger partial charge >= 0.3 is 17.9 Å². The predicted octanol–water partition coefficient (Wildman–Crippen LogP) is -0.476. The molecule has 6 bridgehead atoms. The molecule has 0 saturated carbocycles. The first kappa shape index (κ1) is 29.0. The minimum absolute atomic E-state index is 0.448. The zero-order valence-corrected chi connectivity index (χ0v) is 21.9. The monoisotopic (exact) mass is 630 g/mol. The van der Waals surface area contributed by atoms with Gasteiger partial charge in [-0.25, -0.2) is 14.4 Å². The quantitative estimate of drug-likeness (QED) is 0.0918. The number of rotatable bonds is 1. The molecule has 45 heavy (non-hydrogen) atoms. The van der Waals surface area contributed by atoms with Gasteiger partial charge in [-0.05, 0) is 6.07 Å². The summed E-state index contributed by atoms with van der Waals surface area (Å²) in [4.78, 5) is 54.4. The van der Waals surface area contributed by atoms with Crippen molar-refractivity contribution in [1.82, 2.24) is 0 Å². The van der Waals surface area contributed by atoms with Crippen molar-refractivity contribution in [2.75, 3.05) is 6.61 Å². The summed E-state index contributed by atoms with van der Waals surface area (Å²) in [6, 6.07) is 0.448. The average molecular weight is 630 g/mol. The number of ether oxygens (including phenoxy) is 3. The first-order valence-corrected chi connectivity index (χ1v) is 12.5. The van der Waals surface area contributed by atoms with Gasteiger partial charge in [0, 0.05) is 22.3 Å². The molecule has 0 fully saturated rings. The Morgan fingerprint density at radius 2 is 1.00 bits per heavy atom. The first-order valence-electron chi connectivity index (χ1n) is 12.5. The van der Waals surface area contributed by atoms with Crippen LogP contribution in [-0.4, -0.2) is 111 Å². The molecule has 3 aromatic rings. The highest BCUT2D eigenvalue weighted by Crippen LogP contribution is 2.60. The molecular weight excluding hydrogens is 612 g/mol. The van der Waals surface area contributed by atoms with E-state index in [9.17, 15) is 75.3 Å². The van der Waals surface area contributed by atoms with Crippen molar-refractivity contribution < 1.29 is 89.6 Å². The van der Waals surface area contributed by atoms with Crippen LogP contribution in [0.25, 0.3) is 22.3 Å². The average Bonchev–Trinajstić information content (AvgIpc) is 3.01. The Balaban J connectivity index is 1.95. The Labute approximate surface area is 247 Å². The third-order valence-electron chi connectivity index (χ3n) is 7.66. The number of cyclic esters (lactones) is 1. The van der Waals surface area contributed by atoms with E-state index in [4.69, 9.17) is 14.2 Å². The van der Waals surface area contributed by atoms with Crippen molar-refractivity contribution in [2.45, 2.75) is 24.4 Å². The third-order valence-corrected chi connectivity index (χ3v) is 7.66. The molecule has 234 valence electrons. The van der Waals surface area contributed by atoms with Crippen LogP contribution in [0.1, 0.15) is 41.4 Å². The van der Waals surface area contributed by atoms with Gasteiger partial charge in [0.05, 0.1) is 28.9 Å². The Hall–Kier alpha value is -6.14. The van der Waals surface area contributed by atoms with Gasteiger partial charge in [0.1, 0.15) is 6.10 Å². The van der Waals surface area contributed by atoms with E-state index >= 15 is 0 Å². The number of Topliss-reactive ketones (excluding diaryl/α,β-unsaturated/α-hetero) is 1. The zero-order valence-electron chi connectivity index (χ0n) is 21.9. The maximum atomic E-state index is 14.0. The van der Waals surface area contributed by atoms with Gasteiger partial charge < -0.3 is 70.4 Å². The molecule has 0 radical (unpaired) electrons. The highest BCUT2D eigenvalue weighted by Gasteiger charge is 2.53. The van der Waals surface area contributed by atoms with Crippen molar-refractivity contribution in [1.29, 1.82) is 0 Å². The number of esters is 3. The molecule has 4 atom stereocenters. The fourth-order valence-electron chi connectivity index (χ4n) is 5.57. The molecule has 3 aromatic carbocycles. The number of aromatic hydroxyl groups is 9. The molecular formula is C27H18O18. The van der Waals surface area contributed by atoms with Crippen LogP contribution in [0.5, 0.6) is 51.7 Å². The van der Waals surface area contributed by atoms with Gasteiger partial charge in [-0.1, -0.05) is 0 Å².